The highest BCUT2D eigenvalue weighted by molar-refractivity contribution is 7.11. The van der Waals surface area contributed by atoms with E-state index >= 15 is 0 Å². The van der Waals surface area contributed by atoms with E-state index in [2.05, 4.69) is 10.3 Å². The van der Waals surface area contributed by atoms with Gasteiger partial charge in [0.15, 0.2) is 0 Å². The third-order valence-corrected chi connectivity index (χ3v) is 4.99. The molecule has 0 atom stereocenters. The number of carbonyl (C=O) groups is 1. The highest BCUT2D eigenvalue weighted by atomic mass is 32.1. The summed E-state index contributed by atoms with van der Waals surface area (Å²) < 4.78 is 0. The Labute approximate surface area is 133 Å². The molecular weight excluding hydrogens is 294 g/mol. The molecule has 4 nitrogen and oxygen atoms in total. The Morgan fingerprint density at radius 1 is 1.36 bits per heavy atom. The van der Waals surface area contributed by atoms with Crippen LogP contribution in [0.2, 0.25) is 0 Å². The fraction of sp³-hybridized carbons (Fsp3) is 0.353. The summed E-state index contributed by atoms with van der Waals surface area (Å²) in [5.41, 5.74) is 2.29. The molecule has 1 N–H and O–H groups in total. The van der Waals surface area contributed by atoms with E-state index in [-0.39, 0.29) is 5.91 Å². The Kier molecular flexibility index (Phi) is 4.50. The van der Waals surface area contributed by atoms with E-state index in [0.29, 0.717) is 17.7 Å². The second-order valence-corrected chi connectivity index (χ2v) is 6.55. The number of carbonyl (C=O) groups excluding carboxylic acids is 1. The van der Waals surface area contributed by atoms with Gasteiger partial charge in [0, 0.05) is 23.4 Å². The Morgan fingerprint density at radius 3 is 3.05 bits per heavy atom. The van der Waals surface area contributed by atoms with E-state index in [1.54, 1.807) is 35.6 Å². The van der Waals surface area contributed by atoms with Crippen LogP contribution in [0, 0.1) is 11.3 Å². The zero-order valence-corrected chi connectivity index (χ0v) is 13.1. The minimum Gasteiger partial charge on any atom is -0.352 e. The molecule has 0 radical (unpaired) electrons. The molecule has 0 saturated carbocycles. The minimum absolute atomic E-state index is 0.140. The van der Waals surface area contributed by atoms with E-state index in [9.17, 15) is 4.79 Å². The molecule has 1 heterocycles. The number of nitriles is 1. The third-order valence-electron chi connectivity index (χ3n) is 3.77. The molecule has 5 heteroatoms. The van der Waals surface area contributed by atoms with Crippen LogP contribution in [0.25, 0.3) is 0 Å². The van der Waals surface area contributed by atoms with Gasteiger partial charge in [-0.15, -0.1) is 11.3 Å². The summed E-state index contributed by atoms with van der Waals surface area (Å²) in [5.74, 6) is -0.140. The fourth-order valence-electron chi connectivity index (χ4n) is 2.63. The molecule has 2 aromatic rings. The van der Waals surface area contributed by atoms with Gasteiger partial charge in [0.2, 0.25) is 0 Å². The topological polar surface area (TPSA) is 65.8 Å². The number of amides is 1. The van der Waals surface area contributed by atoms with Crippen LogP contribution in [0.15, 0.2) is 24.3 Å². The molecule has 0 saturated heterocycles. The molecule has 22 heavy (non-hydrogen) atoms. The Hall–Kier alpha value is -2.19. The summed E-state index contributed by atoms with van der Waals surface area (Å²) >= 11 is 1.78. The van der Waals surface area contributed by atoms with Crippen molar-refractivity contribution in [3.63, 3.8) is 0 Å². The number of fused-ring (bicyclic) bond motifs is 1. The minimum atomic E-state index is -0.140. The van der Waals surface area contributed by atoms with Crippen molar-refractivity contribution in [3.8, 4) is 6.07 Å². The molecule has 1 aromatic heterocycles. The largest absolute Gasteiger partial charge is 0.352 e. The normalized spacial score (nSPS) is 13.2. The second kappa shape index (κ2) is 6.71. The highest BCUT2D eigenvalue weighted by Crippen LogP contribution is 2.26. The van der Waals surface area contributed by atoms with Crippen molar-refractivity contribution in [1.29, 1.82) is 5.26 Å². The van der Waals surface area contributed by atoms with Gasteiger partial charge in [-0.3, -0.25) is 4.79 Å². The van der Waals surface area contributed by atoms with Crippen LogP contribution < -0.4 is 5.32 Å². The number of aryl methyl sites for hydroxylation is 2. The zero-order valence-electron chi connectivity index (χ0n) is 12.3. The van der Waals surface area contributed by atoms with E-state index in [0.717, 1.165) is 24.3 Å². The number of thiazole rings is 1. The lowest BCUT2D eigenvalue weighted by molar-refractivity contribution is 0.0954. The quantitative estimate of drug-likeness (QED) is 0.944. The van der Waals surface area contributed by atoms with E-state index in [1.807, 2.05) is 6.07 Å². The van der Waals surface area contributed by atoms with Crippen LogP contribution in [-0.2, 0) is 19.3 Å². The SMILES string of the molecule is N#Cc1cccc(C(=O)NCCc2nc3c(s2)CCCC3)c1. The summed E-state index contributed by atoms with van der Waals surface area (Å²) in [7, 11) is 0. The van der Waals surface area contributed by atoms with Gasteiger partial charge in [0.25, 0.3) is 5.91 Å². The van der Waals surface area contributed by atoms with Crippen molar-refractivity contribution in [2.45, 2.75) is 32.1 Å². The smallest absolute Gasteiger partial charge is 0.251 e. The number of rotatable bonds is 4. The fourth-order valence-corrected chi connectivity index (χ4v) is 3.78. The van der Waals surface area contributed by atoms with Gasteiger partial charge >= 0.3 is 0 Å². The maximum Gasteiger partial charge on any atom is 0.251 e. The first kappa shape index (κ1) is 14.7. The average molecular weight is 311 g/mol. The number of nitrogens with one attached hydrogen (secondary N) is 1. The van der Waals surface area contributed by atoms with Crippen LogP contribution in [-0.4, -0.2) is 17.4 Å². The standard InChI is InChI=1S/C17H17N3OS/c18-11-12-4-3-5-13(10-12)17(21)19-9-8-16-20-14-6-1-2-7-15(14)22-16/h3-5,10H,1-2,6-9H2,(H,19,21). The summed E-state index contributed by atoms with van der Waals surface area (Å²) in [6, 6.07) is 8.79. The van der Waals surface area contributed by atoms with Crippen molar-refractivity contribution in [3.05, 3.63) is 51.0 Å². The monoisotopic (exact) mass is 311 g/mol. The predicted molar refractivity (Wildman–Crippen MR) is 86.0 cm³/mol. The van der Waals surface area contributed by atoms with Crippen molar-refractivity contribution in [2.24, 2.45) is 0 Å². The van der Waals surface area contributed by atoms with Crippen LogP contribution >= 0.6 is 11.3 Å². The van der Waals surface area contributed by atoms with Gasteiger partial charge in [0.05, 0.1) is 22.3 Å². The molecule has 1 aromatic carbocycles. The molecule has 3 rings (SSSR count). The predicted octanol–water partition coefficient (Wildman–Crippen LogP) is 2.87. The summed E-state index contributed by atoms with van der Waals surface area (Å²) in [5, 5.41) is 12.9. The van der Waals surface area contributed by atoms with Gasteiger partial charge in [-0.2, -0.15) is 5.26 Å². The van der Waals surface area contributed by atoms with Gasteiger partial charge < -0.3 is 5.32 Å². The molecule has 1 amide bonds. The number of benzene rings is 1. The van der Waals surface area contributed by atoms with E-state index in [4.69, 9.17) is 5.26 Å². The van der Waals surface area contributed by atoms with Crippen molar-refractivity contribution in [1.82, 2.24) is 10.3 Å². The Balaban J connectivity index is 1.55. The number of hydrogen-bond acceptors (Lipinski definition) is 4. The molecule has 0 aliphatic heterocycles. The van der Waals surface area contributed by atoms with Crippen LogP contribution in [0.3, 0.4) is 0 Å². The highest BCUT2D eigenvalue weighted by Gasteiger charge is 2.15. The average Bonchev–Trinajstić information content (AvgIpc) is 2.97. The van der Waals surface area contributed by atoms with Gasteiger partial charge in [-0.1, -0.05) is 6.07 Å². The van der Waals surface area contributed by atoms with E-state index < -0.39 is 0 Å². The van der Waals surface area contributed by atoms with Crippen LogP contribution in [0.1, 0.15) is 44.3 Å². The van der Waals surface area contributed by atoms with Gasteiger partial charge in [0.1, 0.15) is 0 Å². The van der Waals surface area contributed by atoms with Crippen molar-refractivity contribution >= 4 is 17.2 Å². The van der Waals surface area contributed by atoms with Crippen molar-refractivity contribution < 1.29 is 4.79 Å². The maximum absolute atomic E-state index is 12.1. The molecule has 112 valence electrons. The Morgan fingerprint density at radius 2 is 2.23 bits per heavy atom. The second-order valence-electron chi connectivity index (χ2n) is 5.38. The van der Waals surface area contributed by atoms with E-state index in [1.165, 1.54) is 23.4 Å². The molecule has 0 fully saturated rings. The van der Waals surface area contributed by atoms with Crippen LogP contribution in [0.4, 0.5) is 0 Å². The third kappa shape index (κ3) is 3.34. The summed E-state index contributed by atoms with van der Waals surface area (Å²) in [4.78, 5) is 18.2. The first-order chi connectivity index (χ1) is 10.8. The molecule has 0 spiro atoms. The molecule has 0 bridgehead atoms. The summed E-state index contributed by atoms with van der Waals surface area (Å²) in [6.45, 7) is 0.571. The lowest BCUT2D eigenvalue weighted by atomic mass is 10.0. The lowest BCUT2D eigenvalue weighted by Gasteiger charge is -2.06. The Bertz CT molecular complexity index is 706. The molecule has 1 aliphatic rings. The molecule has 0 unspecified atom stereocenters. The number of hydrogen-bond donors (Lipinski definition) is 1. The molecular formula is C17H17N3OS. The lowest BCUT2D eigenvalue weighted by Crippen LogP contribution is -2.25. The van der Waals surface area contributed by atoms with Crippen LogP contribution in [0.5, 0.6) is 0 Å². The first-order valence-electron chi connectivity index (χ1n) is 7.52. The van der Waals surface area contributed by atoms with Crippen molar-refractivity contribution in [2.75, 3.05) is 6.54 Å². The van der Waals surface area contributed by atoms with Gasteiger partial charge in [-0.05, 0) is 43.9 Å². The maximum atomic E-state index is 12.1. The zero-order chi connectivity index (χ0) is 15.4. The number of nitrogens with zero attached hydrogens (tertiary/aromatic N) is 2. The first-order valence-corrected chi connectivity index (χ1v) is 8.34. The number of aromatic nitrogens is 1. The molecule has 1 aliphatic carbocycles. The van der Waals surface area contributed by atoms with Gasteiger partial charge in [-0.25, -0.2) is 4.98 Å². The summed E-state index contributed by atoms with van der Waals surface area (Å²) in [6.07, 6.45) is 5.52.